The third-order valence-electron chi connectivity index (χ3n) is 3.63. The number of rotatable bonds is 5. The molecule has 0 aromatic rings. The second kappa shape index (κ2) is 7.10. The summed E-state index contributed by atoms with van der Waals surface area (Å²) in [7, 11) is 0. The highest BCUT2D eigenvalue weighted by Gasteiger charge is 2.28. The summed E-state index contributed by atoms with van der Waals surface area (Å²) in [6, 6.07) is 0.0164. The zero-order chi connectivity index (χ0) is 13.6. The van der Waals surface area contributed by atoms with Gasteiger partial charge in [-0.1, -0.05) is 19.3 Å². The number of hydrogen-bond donors (Lipinski definition) is 2. The Hall–Kier alpha value is -0.610. The summed E-state index contributed by atoms with van der Waals surface area (Å²) in [6.07, 6.45) is 5.34. The lowest BCUT2D eigenvalue weighted by Gasteiger charge is -2.27. The molecule has 0 radical (unpaired) electrons. The zero-order valence-electron chi connectivity index (χ0n) is 12.0. The fourth-order valence-electron chi connectivity index (χ4n) is 2.53. The van der Waals surface area contributed by atoms with Crippen molar-refractivity contribution < 1.29 is 9.53 Å². The third kappa shape index (κ3) is 4.94. The van der Waals surface area contributed by atoms with E-state index in [1.165, 1.54) is 6.42 Å². The summed E-state index contributed by atoms with van der Waals surface area (Å²) in [5.74, 6) is 0.0714. The van der Waals surface area contributed by atoms with Crippen LogP contribution in [0.25, 0.3) is 0 Å². The van der Waals surface area contributed by atoms with Crippen molar-refractivity contribution in [1.29, 1.82) is 0 Å². The minimum Gasteiger partial charge on any atom is -0.374 e. The largest absolute Gasteiger partial charge is 0.374 e. The number of carbonyl (C=O) groups excluding carboxylic acids is 1. The van der Waals surface area contributed by atoms with Crippen LogP contribution in [0.2, 0.25) is 0 Å². The van der Waals surface area contributed by atoms with Crippen LogP contribution in [0, 0.1) is 5.92 Å². The summed E-state index contributed by atoms with van der Waals surface area (Å²) >= 11 is 0. The van der Waals surface area contributed by atoms with Gasteiger partial charge in [-0.15, -0.1) is 0 Å². The fourth-order valence-corrected chi connectivity index (χ4v) is 2.53. The first-order chi connectivity index (χ1) is 8.46. The summed E-state index contributed by atoms with van der Waals surface area (Å²) in [5.41, 5.74) is 5.78. The van der Waals surface area contributed by atoms with E-state index in [4.69, 9.17) is 10.5 Å². The Kier molecular flexibility index (Phi) is 6.09. The summed E-state index contributed by atoms with van der Waals surface area (Å²) < 4.78 is 5.57. The summed E-state index contributed by atoms with van der Waals surface area (Å²) in [6.45, 7) is 7.15. The molecule has 0 aromatic heterocycles. The molecule has 1 amide bonds. The van der Waals surface area contributed by atoms with Crippen LogP contribution in [0.3, 0.4) is 0 Å². The van der Waals surface area contributed by atoms with Gasteiger partial charge in [0.15, 0.2) is 0 Å². The van der Waals surface area contributed by atoms with Crippen molar-refractivity contribution in [2.75, 3.05) is 13.2 Å². The quantitative estimate of drug-likeness (QED) is 0.738. The van der Waals surface area contributed by atoms with Gasteiger partial charge in [-0.05, 0) is 33.6 Å². The van der Waals surface area contributed by atoms with Crippen LogP contribution in [0.1, 0.15) is 52.9 Å². The molecule has 0 aromatic carbocycles. The van der Waals surface area contributed by atoms with Crippen LogP contribution in [-0.2, 0) is 9.53 Å². The van der Waals surface area contributed by atoms with Crippen molar-refractivity contribution in [3.8, 4) is 0 Å². The van der Waals surface area contributed by atoms with Crippen molar-refractivity contribution in [2.24, 2.45) is 11.7 Å². The molecule has 4 heteroatoms. The highest BCUT2D eigenvalue weighted by Crippen LogP contribution is 2.22. The maximum Gasteiger partial charge on any atom is 0.224 e. The number of amides is 1. The Balaban J connectivity index is 2.43. The molecule has 0 saturated heterocycles. The molecule has 1 fully saturated rings. The predicted molar refractivity (Wildman–Crippen MR) is 73.3 cm³/mol. The van der Waals surface area contributed by atoms with Crippen molar-refractivity contribution in [2.45, 2.75) is 64.5 Å². The number of nitrogens with one attached hydrogen (secondary N) is 1. The molecule has 0 aliphatic heterocycles. The van der Waals surface area contributed by atoms with E-state index in [1.807, 2.05) is 20.8 Å². The predicted octanol–water partition coefficient (Wildman–Crippen LogP) is 1.83. The van der Waals surface area contributed by atoms with Gasteiger partial charge in [0.25, 0.3) is 0 Å². The minimum atomic E-state index is -0.306. The zero-order valence-corrected chi connectivity index (χ0v) is 12.0. The smallest absolute Gasteiger partial charge is 0.224 e. The highest BCUT2D eigenvalue weighted by molar-refractivity contribution is 5.79. The molecule has 0 bridgehead atoms. The lowest BCUT2D eigenvalue weighted by Crippen LogP contribution is -2.46. The van der Waals surface area contributed by atoms with Crippen LogP contribution in [0.15, 0.2) is 0 Å². The molecule has 0 heterocycles. The van der Waals surface area contributed by atoms with E-state index in [-0.39, 0.29) is 23.5 Å². The third-order valence-corrected chi connectivity index (χ3v) is 3.63. The van der Waals surface area contributed by atoms with Gasteiger partial charge in [0, 0.05) is 19.2 Å². The molecule has 1 saturated carbocycles. The number of carbonyl (C=O) groups is 1. The standard InChI is InChI=1S/C14H28N2O2/c1-4-18-14(2,3)10-16-13(17)11-8-6-5-7-9-12(11)15/h11-12H,4-10,15H2,1-3H3,(H,16,17). The van der Waals surface area contributed by atoms with Crippen molar-refractivity contribution >= 4 is 5.91 Å². The molecule has 2 unspecified atom stereocenters. The van der Waals surface area contributed by atoms with Crippen molar-refractivity contribution in [3.05, 3.63) is 0 Å². The number of ether oxygens (including phenoxy) is 1. The molecule has 0 spiro atoms. The van der Waals surface area contributed by atoms with E-state index in [2.05, 4.69) is 5.32 Å². The second-order valence-corrected chi connectivity index (χ2v) is 5.82. The lowest BCUT2D eigenvalue weighted by molar-refractivity contribution is -0.127. The van der Waals surface area contributed by atoms with Gasteiger partial charge in [0.05, 0.1) is 11.5 Å². The first-order valence-electron chi connectivity index (χ1n) is 7.13. The van der Waals surface area contributed by atoms with Gasteiger partial charge in [-0.2, -0.15) is 0 Å². The summed E-state index contributed by atoms with van der Waals surface area (Å²) in [5, 5.41) is 2.99. The molecular formula is C14H28N2O2. The molecule has 18 heavy (non-hydrogen) atoms. The molecular weight excluding hydrogens is 228 g/mol. The van der Waals surface area contributed by atoms with E-state index in [0.29, 0.717) is 13.2 Å². The lowest BCUT2D eigenvalue weighted by atomic mass is 9.94. The Labute approximate surface area is 111 Å². The first kappa shape index (κ1) is 15.4. The van der Waals surface area contributed by atoms with Crippen LogP contribution < -0.4 is 11.1 Å². The van der Waals surface area contributed by atoms with Crippen LogP contribution in [0.5, 0.6) is 0 Å². The van der Waals surface area contributed by atoms with E-state index in [0.717, 1.165) is 25.7 Å². The van der Waals surface area contributed by atoms with Crippen molar-refractivity contribution in [1.82, 2.24) is 5.32 Å². The average molecular weight is 256 g/mol. The molecule has 1 aliphatic rings. The van der Waals surface area contributed by atoms with Gasteiger partial charge in [0.1, 0.15) is 0 Å². The SMILES string of the molecule is CCOC(C)(C)CNC(=O)C1CCCCCC1N. The van der Waals surface area contributed by atoms with E-state index < -0.39 is 0 Å². The van der Waals surface area contributed by atoms with Gasteiger partial charge in [-0.25, -0.2) is 0 Å². The topological polar surface area (TPSA) is 64.3 Å². The fraction of sp³-hybridized carbons (Fsp3) is 0.929. The monoisotopic (exact) mass is 256 g/mol. The number of nitrogens with two attached hydrogens (primary N) is 1. The molecule has 1 aliphatic carbocycles. The van der Waals surface area contributed by atoms with Gasteiger partial charge >= 0.3 is 0 Å². The Morgan fingerprint density at radius 2 is 2.00 bits per heavy atom. The van der Waals surface area contributed by atoms with E-state index >= 15 is 0 Å². The van der Waals surface area contributed by atoms with Crippen molar-refractivity contribution in [3.63, 3.8) is 0 Å². The normalized spacial score (nSPS) is 25.6. The van der Waals surface area contributed by atoms with Crippen LogP contribution >= 0.6 is 0 Å². The van der Waals surface area contributed by atoms with E-state index in [9.17, 15) is 4.79 Å². The first-order valence-corrected chi connectivity index (χ1v) is 7.13. The maximum absolute atomic E-state index is 12.2. The highest BCUT2D eigenvalue weighted by atomic mass is 16.5. The Morgan fingerprint density at radius 3 is 2.67 bits per heavy atom. The summed E-state index contributed by atoms with van der Waals surface area (Å²) in [4.78, 5) is 12.2. The maximum atomic E-state index is 12.2. The van der Waals surface area contributed by atoms with Crippen LogP contribution in [0.4, 0.5) is 0 Å². The van der Waals surface area contributed by atoms with Gasteiger partial charge in [0.2, 0.25) is 5.91 Å². The molecule has 3 N–H and O–H groups in total. The average Bonchev–Trinajstić information content (AvgIpc) is 2.51. The van der Waals surface area contributed by atoms with Gasteiger partial charge < -0.3 is 15.8 Å². The second-order valence-electron chi connectivity index (χ2n) is 5.82. The Morgan fingerprint density at radius 1 is 1.33 bits per heavy atom. The molecule has 4 nitrogen and oxygen atoms in total. The molecule has 106 valence electrons. The molecule has 1 rings (SSSR count). The molecule has 2 atom stereocenters. The Bertz CT molecular complexity index is 267. The number of hydrogen-bond acceptors (Lipinski definition) is 3. The van der Waals surface area contributed by atoms with Gasteiger partial charge in [-0.3, -0.25) is 4.79 Å². The minimum absolute atomic E-state index is 0.0164. The van der Waals surface area contributed by atoms with Crippen LogP contribution in [-0.4, -0.2) is 30.7 Å². The van der Waals surface area contributed by atoms with E-state index in [1.54, 1.807) is 0 Å².